The molecule has 3 aromatic carbocycles. The Morgan fingerprint density at radius 3 is 2.33 bits per heavy atom. The second kappa shape index (κ2) is 12.0. The summed E-state index contributed by atoms with van der Waals surface area (Å²) in [5.41, 5.74) is 3.69. The molecule has 33 heavy (non-hydrogen) atoms. The third-order valence-corrected chi connectivity index (χ3v) is 7.25. The van der Waals surface area contributed by atoms with E-state index < -0.39 is 0 Å². The summed E-state index contributed by atoms with van der Waals surface area (Å²) in [6.07, 6.45) is 1.99. The summed E-state index contributed by atoms with van der Waals surface area (Å²) in [6, 6.07) is 27.3. The summed E-state index contributed by atoms with van der Waals surface area (Å²) < 4.78 is 8.08. The minimum Gasteiger partial charge on any atom is -0.494 e. The number of ether oxygens (including phenoxy) is 1. The molecule has 0 aliphatic rings. The van der Waals surface area contributed by atoms with Crippen LogP contribution in [0.1, 0.15) is 30.3 Å². The van der Waals surface area contributed by atoms with E-state index in [4.69, 9.17) is 4.74 Å². The van der Waals surface area contributed by atoms with E-state index in [1.807, 2.05) is 6.07 Å². The molecular formula is C27H29N3OS2. The lowest BCUT2D eigenvalue weighted by Crippen LogP contribution is -2.03. The summed E-state index contributed by atoms with van der Waals surface area (Å²) in [7, 11) is 0. The quantitative estimate of drug-likeness (QED) is 0.173. The zero-order valence-corrected chi connectivity index (χ0v) is 20.7. The number of nitrogens with zero attached hydrogens (tertiary/aromatic N) is 3. The highest BCUT2D eigenvalue weighted by molar-refractivity contribution is 7.99. The van der Waals surface area contributed by atoms with Crippen LogP contribution in [0.15, 0.2) is 88.9 Å². The molecule has 0 radical (unpaired) electrons. The molecule has 0 spiro atoms. The van der Waals surface area contributed by atoms with Crippen molar-refractivity contribution in [2.45, 2.75) is 42.5 Å². The molecule has 1 heterocycles. The highest BCUT2D eigenvalue weighted by Gasteiger charge is 2.14. The van der Waals surface area contributed by atoms with Gasteiger partial charge in [-0.15, -0.1) is 22.0 Å². The Kier molecular flexibility index (Phi) is 8.50. The summed E-state index contributed by atoms with van der Waals surface area (Å²) >= 11 is 3.51. The van der Waals surface area contributed by atoms with Crippen molar-refractivity contribution in [3.05, 3.63) is 95.8 Å². The van der Waals surface area contributed by atoms with Gasteiger partial charge in [0.25, 0.3) is 0 Å². The first-order valence-corrected chi connectivity index (χ1v) is 13.2. The number of aromatic nitrogens is 3. The molecule has 0 amide bonds. The van der Waals surface area contributed by atoms with Crippen molar-refractivity contribution in [3.63, 3.8) is 0 Å². The maximum atomic E-state index is 5.90. The van der Waals surface area contributed by atoms with Crippen LogP contribution in [-0.2, 0) is 12.2 Å². The van der Waals surface area contributed by atoms with Gasteiger partial charge in [0, 0.05) is 16.3 Å². The lowest BCUT2D eigenvalue weighted by molar-refractivity contribution is 0.318. The molecule has 0 unspecified atom stereocenters. The van der Waals surface area contributed by atoms with E-state index in [1.165, 1.54) is 16.0 Å². The number of para-hydroxylation sites is 1. The summed E-state index contributed by atoms with van der Waals surface area (Å²) in [4.78, 5) is 1.24. The fourth-order valence-electron chi connectivity index (χ4n) is 3.34. The smallest absolute Gasteiger partial charge is 0.195 e. The van der Waals surface area contributed by atoms with Gasteiger partial charge in [-0.1, -0.05) is 66.7 Å². The van der Waals surface area contributed by atoms with E-state index in [2.05, 4.69) is 101 Å². The predicted octanol–water partition coefficient (Wildman–Crippen LogP) is 6.99. The molecular weight excluding hydrogens is 446 g/mol. The number of rotatable bonds is 11. The van der Waals surface area contributed by atoms with E-state index in [-0.39, 0.29) is 0 Å². The molecule has 0 aliphatic heterocycles. The Morgan fingerprint density at radius 1 is 0.848 bits per heavy atom. The van der Waals surface area contributed by atoms with Gasteiger partial charge in [-0.05, 0) is 61.7 Å². The monoisotopic (exact) mass is 475 g/mol. The summed E-state index contributed by atoms with van der Waals surface area (Å²) in [5, 5.41) is 9.97. The minimum absolute atomic E-state index is 0.689. The van der Waals surface area contributed by atoms with Gasteiger partial charge in [0.1, 0.15) is 11.6 Å². The second-order valence-corrected chi connectivity index (χ2v) is 9.83. The lowest BCUT2D eigenvalue weighted by atomic mass is 10.2. The Bertz CT molecular complexity index is 1130. The van der Waals surface area contributed by atoms with E-state index in [1.54, 1.807) is 23.5 Å². The number of thioether (sulfide) groups is 2. The average Bonchev–Trinajstić information content (AvgIpc) is 3.27. The van der Waals surface area contributed by atoms with Gasteiger partial charge in [0.15, 0.2) is 5.16 Å². The number of aryl methyl sites for hydroxylation is 2. The van der Waals surface area contributed by atoms with E-state index in [0.29, 0.717) is 6.61 Å². The van der Waals surface area contributed by atoms with E-state index in [0.717, 1.165) is 46.8 Å². The Labute approximate surface area is 204 Å². The normalized spacial score (nSPS) is 11.0. The second-order valence-electron chi connectivity index (χ2n) is 7.72. The maximum Gasteiger partial charge on any atom is 0.195 e. The Hall–Kier alpha value is -2.70. The topological polar surface area (TPSA) is 39.9 Å². The molecule has 4 nitrogen and oxygen atoms in total. The molecule has 0 N–H and O–H groups in total. The first-order valence-electron chi connectivity index (χ1n) is 11.3. The fraction of sp³-hybridized carbons (Fsp3) is 0.259. The fourth-order valence-corrected chi connectivity index (χ4v) is 5.03. The van der Waals surface area contributed by atoms with Gasteiger partial charge in [0.05, 0.1) is 12.4 Å². The maximum absolute atomic E-state index is 5.90. The zero-order valence-electron chi connectivity index (χ0n) is 19.1. The predicted molar refractivity (Wildman–Crippen MR) is 139 cm³/mol. The first kappa shape index (κ1) is 23.5. The van der Waals surface area contributed by atoms with Gasteiger partial charge in [-0.25, -0.2) is 0 Å². The first-order chi connectivity index (χ1) is 16.2. The minimum atomic E-state index is 0.689. The third kappa shape index (κ3) is 6.65. The van der Waals surface area contributed by atoms with Gasteiger partial charge in [-0.3, -0.25) is 4.57 Å². The molecule has 0 saturated carbocycles. The molecule has 0 aliphatic carbocycles. The van der Waals surface area contributed by atoms with Crippen molar-refractivity contribution in [2.75, 3.05) is 12.4 Å². The average molecular weight is 476 g/mol. The number of hydrogen-bond donors (Lipinski definition) is 0. The molecule has 170 valence electrons. The van der Waals surface area contributed by atoms with Gasteiger partial charge in [-0.2, -0.15) is 0 Å². The number of benzene rings is 3. The van der Waals surface area contributed by atoms with E-state index >= 15 is 0 Å². The standard InChI is InChI=1S/C27H29N3OS2/c1-3-22-12-14-24(15-13-22)31-18-7-19-32-27-29-28-26(30(27)23-8-5-4-6-9-23)20-33-25-16-10-21(2)11-17-25/h4-6,8-17H,3,7,18-20H2,1-2H3. The molecule has 0 saturated heterocycles. The highest BCUT2D eigenvalue weighted by atomic mass is 32.2. The van der Waals surface area contributed by atoms with Crippen LogP contribution in [0.25, 0.3) is 5.69 Å². The summed E-state index contributed by atoms with van der Waals surface area (Å²) in [6.45, 7) is 4.96. The molecule has 4 aromatic rings. The summed E-state index contributed by atoms with van der Waals surface area (Å²) in [5.74, 6) is 3.58. The molecule has 0 fully saturated rings. The van der Waals surface area contributed by atoms with Crippen molar-refractivity contribution < 1.29 is 4.74 Å². The Balaban J connectivity index is 1.36. The van der Waals surface area contributed by atoms with Crippen molar-refractivity contribution in [1.29, 1.82) is 0 Å². The van der Waals surface area contributed by atoms with Crippen molar-refractivity contribution in [1.82, 2.24) is 14.8 Å². The van der Waals surface area contributed by atoms with Gasteiger partial charge < -0.3 is 4.74 Å². The van der Waals surface area contributed by atoms with Crippen LogP contribution in [0, 0.1) is 6.92 Å². The van der Waals surface area contributed by atoms with Crippen molar-refractivity contribution in [2.24, 2.45) is 0 Å². The van der Waals surface area contributed by atoms with E-state index in [9.17, 15) is 0 Å². The van der Waals surface area contributed by atoms with Crippen LogP contribution in [0.3, 0.4) is 0 Å². The van der Waals surface area contributed by atoms with Crippen LogP contribution in [0.4, 0.5) is 0 Å². The molecule has 4 rings (SSSR count). The van der Waals surface area contributed by atoms with Crippen LogP contribution in [0.2, 0.25) is 0 Å². The van der Waals surface area contributed by atoms with Crippen molar-refractivity contribution >= 4 is 23.5 Å². The highest BCUT2D eigenvalue weighted by Crippen LogP contribution is 2.28. The zero-order chi connectivity index (χ0) is 22.9. The van der Waals surface area contributed by atoms with Crippen molar-refractivity contribution in [3.8, 4) is 11.4 Å². The lowest BCUT2D eigenvalue weighted by Gasteiger charge is -2.10. The third-order valence-electron chi connectivity index (χ3n) is 5.22. The molecule has 0 atom stereocenters. The molecule has 0 bridgehead atoms. The SMILES string of the molecule is CCc1ccc(OCCCSc2nnc(CSc3ccc(C)cc3)n2-c2ccccc2)cc1. The van der Waals surface area contributed by atoms with Crippen LogP contribution in [0.5, 0.6) is 5.75 Å². The molecule has 1 aromatic heterocycles. The van der Waals surface area contributed by atoms with Crippen LogP contribution >= 0.6 is 23.5 Å². The van der Waals surface area contributed by atoms with Crippen LogP contribution in [-0.4, -0.2) is 27.1 Å². The van der Waals surface area contributed by atoms with Crippen LogP contribution < -0.4 is 4.74 Å². The van der Waals surface area contributed by atoms with Gasteiger partial charge in [0.2, 0.25) is 0 Å². The largest absolute Gasteiger partial charge is 0.494 e. The van der Waals surface area contributed by atoms with Gasteiger partial charge >= 0.3 is 0 Å². The Morgan fingerprint density at radius 2 is 1.61 bits per heavy atom. The molecule has 6 heteroatoms. The number of hydrogen-bond acceptors (Lipinski definition) is 5.